The lowest BCUT2D eigenvalue weighted by molar-refractivity contribution is -0.145. The Morgan fingerprint density at radius 1 is 0.958 bits per heavy atom. The zero-order valence-electron chi connectivity index (χ0n) is 14.6. The third kappa shape index (κ3) is 14.8. The van der Waals surface area contributed by atoms with Gasteiger partial charge in [-0.15, -0.1) is 0 Å². The molecule has 0 fully saturated rings. The van der Waals surface area contributed by atoms with Crippen LogP contribution in [-0.4, -0.2) is 43.9 Å². The average Bonchev–Trinajstić information content (AvgIpc) is 2.51. The van der Waals surface area contributed by atoms with E-state index in [2.05, 4.69) is 15.3 Å². The van der Waals surface area contributed by atoms with Gasteiger partial charge >= 0.3 is 16.4 Å². The van der Waals surface area contributed by atoms with Gasteiger partial charge in [0.2, 0.25) is 0 Å². The van der Waals surface area contributed by atoms with Crippen molar-refractivity contribution < 1.29 is 31.8 Å². The minimum Gasteiger partial charge on any atom is -0.393 e. The monoisotopic (exact) mass is 371 g/mol. The first-order valence-corrected chi connectivity index (χ1v) is 9.68. The molecule has 24 heavy (non-hydrogen) atoms. The number of aliphatic hydroxyl groups excluding tert-OH is 2. The number of carbonyl (C=O) groups is 1. The molecule has 0 aromatic heterocycles. The third-order valence-corrected chi connectivity index (χ3v) is 4.18. The van der Waals surface area contributed by atoms with E-state index in [1.54, 1.807) is 0 Å². The molecule has 0 aromatic rings. The van der Waals surface area contributed by atoms with Gasteiger partial charge in [0.1, 0.15) is 0 Å². The number of aliphatic hydroxyl groups is 2. The zero-order valence-corrected chi connectivity index (χ0v) is 15.4. The van der Waals surface area contributed by atoms with Gasteiger partial charge in [-0.2, -0.15) is 8.42 Å². The van der Waals surface area contributed by atoms with Crippen LogP contribution in [0.3, 0.4) is 0 Å². The van der Waals surface area contributed by atoms with Gasteiger partial charge in [-0.3, -0.25) is 0 Å². The molecule has 0 spiro atoms. The molecule has 0 aromatic carbocycles. The number of hydrogen-bond donors (Lipinski definition) is 3. The van der Waals surface area contributed by atoms with Crippen molar-refractivity contribution in [3.63, 3.8) is 0 Å². The standard InChI is InChI=1S/C15H30O7S.H3N/c1-2-3-4-5-6-7-8-9-10-11-12-21-23(19,20)22-15(18)14(17)13-16;/h14,16-17H,2-13H2,1H3;1H3. The molecule has 0 saturated carbocycles. The van der Waals surface area contributed by atoms with Crippen molar-refractivity contribution in [1.82, 2.24) is 6.15 Å². The summed E-state index contributed by atoms with van der Waals surface area (Å²) in [6.45, 7) is 1.21. The fourth-order valence-electron chi connectivity index (χ4n) is 2.01. The molecule has 0 radical (unpaired) electrons. The largest absolute Gasteiger partial charge is 0.451 e. The Morgan fingerprint density at radius 2 is 1.42 bits per heavy atom. The first kappa shape index (κ1) is 25.5. The third-order valence-electron chi connectivity index (χ3n) is 3.35. The summed E-state index contributed by atoms with van der Waals surface area (Å²) in [5, 5.41) is 17.4. The summed E-state index contributed by atoms with van der Waals surface area (Å²) in [5.41, 5.74) is 0. The maximum Gasteiger partial charge on any atom is 0.451 e. The smallest absolute Gasteiger partial charge is 0.393 e. The van der Waals surface area contributed by atoms with Crippen molar-refractivity contribution in [2.24, 2.45) is 0 Å². The maximum atomic E-state index is 11.3. The van der Waals surface area contributed by atoms with E-state index in [4.69, 9.17) is 10.2 Å². The molecule has 0 bridgehead atoms. The Labute approximate surface area is 145 Å². The summed E-state index contributed by atoms with van der Waals surface area (Å²) < 4.78 is 31.0. The highest BCUT2D eigenvalue weighted by molar-refractivity contribution is 7.82. The van der Waals surface area contributed by atoms with Gasteiger partial charge in [0.25, 0.3) is 0 Å². The Balaban J connectivity index is 0. The molecule has 0 aliphatic heterocycles. The SMILES string of the molecule is CCCCCCCCCCCCOS(=O)(=O)OC(=O)C(O)CO.N. The van der Waals surface area contributed by atoms with E-state index in [9.17, 15) is 13.2 Å². The van der Waals surface area contributed by atoms with Crippen LogP contribution in [0.15, 0.2) is 0 Å². The minimum atomic E-state index is -4.47. The number of rotatable bonds is 15. The summed E-state index contributed by atoms with van der Waals surface area (Å²) >= 11 is 0. The molecule has 8 nitrogen and oxygen atoms in total. The molecule has 0 amide bonds. The maximum absolute atomic E-state index is 11.3. The Bertz CT molecular complexity index is 401. The summed E-state index contributed by atoms with van der Waals surface area (Å²) in [4.78, 5) is 11.0. The molecule has 9 heteroatoms. The van der Waals surface area contributed by atoms with Crippen LogP contribution in [0.5, 0.6) is 0 Å². The predicted molar refractivity (Wildman–Crippen MR) is 90.9 cm³/mol. The molecular formula is C15H33NO7S. The van der Waals surface area contributed by atoms with Crippen LogP contribution in [0.2, 0.25) is 0 Å². The number of carbonyl (C=O) groups excluding carboxylic acids is 1. The van der Waals surface area contributed by atoms with Crippen LogP contribution in [0, 0.1) is 0 Å². The lowest BCUT2D eigenvalue weighted by Gasteiger charge is -2.08. The second-order valence-corrected chi connectivity index (χ2v) is 6.73. The predicted octanol–water partition coefficient (Wildman–Crippen LogP) is 2.23. The van der Waals surface area contributed by atoms with Crippen molar-refractivity contribution in [3.05, 3.63) is 0 Å². The van der Waals surface area contributed by atoms with Crippen LogP contribution in [-0.2, 0) is 23.6 Å². The molecule has 1 unspecified atom stereocenters. The van der Waals surface area contributed by atoms with Crippen LogP contribution < -0.4 is 6.15 Å². The minimum absolute atomic E-state index is 0. The second-order valence-electron chi connectivity index (χ2n) is 5.51. The van der Waals surface area contributed by atoms with Crippen molar-refractivity contribution in [2.75, 3.05) is 13.2 Å². The topological polar surface area (TPSA) is 145 Å². The first-order chi connectivity index (χ1) is 10.9. The highest BCUT2D eigenvalue weighted by atomic mass is 32.3. The van der Waals surface area contributed by atoms with Gasteiger partial charge < -0.3 is 20.5 Å². The van der Waals surface area contributed by atoms with Gasteiger partial charge in [-0.25, -0.2) is 8.98 Å². The Kier molecular flexibility index (Phi) is 16.8. The summed E-state index contributed by atoms with van der Waals surface area (Å²) in [6.07, 6.45) is 9.21. The zero-order chi connectivity index (χ0) is 17.6. The van der Waals surface area contributed by atoms with E-state index in [0.717, 1.165) is 19.3 Å². The lowest BCUT2D eigenvalue weighted by Crippen LogP contribution is -2.29. The molecule has 146 valence electrons. The van der Waals surface area contributed by atoms with E-state index in [1.807, 2.05) is 0 Å². The molecule has 1 atom stereocenters. The van der Waals surface area contributed by atoms with Gasteiger partial charge in [-0.05, 0) is 6.42 Å². The molecule has 0 rings (SSSR count). The summed E-state index contributed by atoms with van der Waals surface area (Å²) in [7, 11) is -4.47. The molecule has 5 N–H and O–H groups in total. The van der Waals surface area contributed by atoms with Crippen LogP contribution in [0.25, 0.3) is 0 Å². The van der Waals surface area contributed by atoms with E-state index in [1.165, 1.54) is 38.5 Å². The van der Waals surface area contributed by atoms with Gasteiger partial charge in [0.05, 0.1) is 13.2 Å². The summed E-state index contributed by atoms with van der Waals surface area (Å²) in [6, 6.07) is 0. The van der Waals surface area contributed by atoms with E-state index >= 15 is 0 Å². The van der Waals surface area contributed by atoms with Crippen molar-refractivity contribution in [1.29, 1.82) is 0 Å². The molecule has 0 saturated heterocycles. The van der Waals surface area contributed by atoms with Crippen LogP contribution in [0.1, 0.15) is 71.1 Å². The number of hydrogen-bond acceptors (Lipinski definition) is 8. The molecule has 0 aliphatic rings. The fourth-order valence-corrected chi connectivity index (χ4v) is 2.69. The van der Waals surface area contributed by atoms with Gasteiger partial charge in [0.15, 0.2) is 6.10 Å². The number of unbranched alkanes of at least 4 members (excludes halogenated alkanes) is 9. The van der Waals surface area contributed by atoms with E-state index in [0.29, 0.717) is 6.42 Å². The van der Waals surface area contributed by atoms with Crippen LogP contribution in [0.4, 0.5) is 0 Å². The van der Waals surface area contributed by atoms with E-state index in [-0.39, 0.29) is 12.8 Å². The van der Waals surface area contributed by atoms with Crippen molar-refractivity contribution in [3.8, 4) is 0 Å². The fraction of sp³-hybridized carbons (Fsp3) is 0.933. The highest BCUT2D eigenvalue weighted by Gasteiger charge is 2.23. The summed E-state index contributed by atoms with van der Waals surface area (Å²) in [5.74, 6) is -1.45. The molecular weight excluding hydrogens is 338 g/mol. The van der Waals surface area contributed by atoms with Gasteiger partial charge in [-0.1, -0.05) is 64.7 Å². The van der Waals surface area contributed by atoms with Crippen molar-refractivity contribution in [2.45, 2.75) is 77.2 Å². The average molecular weight is 371 g/mol. The Hall–Kier alpha value is -0.740. The normalized spacial score (nSPS) is 12.5. The Morgan fingerprint density at radius 3 is 1.88 bits per heavy atom. The second kappa shape index (κ2) is 15.8. The molecule has 0 aliphatic carbocycles. The van der Waals surface area contributed by atoms with Gasteiger partial charge in [0, 0.05) is 0 Å². The lowest BCUT2D eigenvalue weighted by atomic mass is 10.1. The quantitative estimate of drug-likeness (QED) is 0.371. The van der Waals surface area contributed by atoms with Crippen LogP contribution >= 0.6 is 0 Å². The van der Waals surface area contributed by atoms with Crippen molar-refractivity contribution >= 4 is 16.4 Å². The molecule has 0 heterocycles. The highest BCUT2D eigenvalue weighted by Crippen LogP contribution is 2.11. The van der Waals surface area contributed by atoms with E-state index < -0.39 is 29.1 Å². The first-order valence-electron chi connectivity index (χ1n) is 8.34.